The molecule has 1 aromatic carbocycles. The zero-order valence-electron chi connectivity index (χ0n) is 9.80. The average Bonchev–Trinajstić information content (AvgIpc) is 2.25. The van der Waals surface area contributed by atoms with Crippen molar-refractivity contribution in [1.82, 2.24) is 0 Å². The molecule has 0 bridgehead atoms. The lowest BCUT2D eigenvalue weighted by molar-refractivity contribution is -0.137. The lowest BCUT2D eigenvalue weighted by atomic mass is 10.2. The summed E-state index contributed by atoms with van der Waals surface area (Å²) < 4.78 is 26.5. The average molecular weight is 257 g/mol. The number of aliphatic carboxylic acids is 1. The molecule has 2 N–H and O–H groups in total. The zero-order chi connectivity index (χ0) is 13.7. The monoisotopic (exact) mass is 257 g/mol. The third-order valence-electron chi connectivity index (χ3n) is 2.32. The topological polar surface area (TPSA) is 66.4 Å². The zero-order valence-corrected chi connectivity index (χ0v) is 9.80. The second-order valence-corrected chi connectivity index (χ2v) is 3.88. The smallest absolute Gasteiger partial charge is 0.303 e. The Bertz CT molecular complexity index is 475. The Labute approximate surface area is 103 Å². The van der Waals surface area contributed by atoms with Crippen molar-refractivity contribution in [3.05, 3.63) is 29.3 Å². The van der Waals surface area contributed by atoms with E-state index in [4.69, 9.17) is 5.11 Å². The molecule has 0 spiro atoms. The van der Waals surface area contributed by atoms with Gasteiger partial charge in [-0.1, -0.05) is 0 Å². The lowest BCUT2D eigenvalue weighted by Crippen LogP contribution is -2.13. The highest BCUT2D eigenvalue weighted by Gasteiger charge is 2.10. The fourth-order valence-electron chi connectivity index (χ4n) is 1.35. The number of halogens is 2. The minimum Gasteiger partial charge on any atom is -0.481 e. The predicted molar refractivity (Wildman–Crippen MR) is 61.2 cm³/mol. The van der Waals surface area contributed by atoms with E-state index in [1.165, 1.54) is 6.92 Å². The molecule has 0 atom stereocenters. The van der Waals surface area contributed by atoms with Crippen LogP contribution in [-0.4, -0.2) is 17.0 Å². The van der Waals surface area contributed by atoms with Crippen LogP contribution in [0.2, 0.25) is 0 Å². The van der Waals surface area contributed by atoms with Gasteiger partial charge in [-0.2, -0.15) is 0 Å². The van der Waals surface area contributed by atoms with Crippen LogP contribution in [0.1, 0.15) is 24.8 Å². The first-order chi connectivity index (χ1) is 8.40. The third-order valence-corrected chi connectivity index (χ3v) is 2.32. The Kier molecular flexibility index (Phi) is 4.76. The number of benzene rings is 1. The molecular formula is C12H13F2NO3. The standard InChI is InChI=1S/C12H13F2NO3/c1-7-5-9(14)10(6-8(7)13)15-11(16)3-2-4-12(17)18/h5-6H,2-4H2,1H3,(H,15,16)(H,17,18). The van der Waals surface area contributed by atoms with Crippen LogP contribution in [-0.2, 0) is 9.59 Å². The number of hydrogen-bond acceptors (Lipinski definition) is 2. The van der Waals surface area contributed by atoms with Crippen LogP contribution in [0.5, 0.6) is 0 Å². The first kappa shape index (κ1) is 14.1. The maximum atomic E-state index is 13.4. The van der Waals surface area contributed by atoms with Crippen LogP contribution in [0.15, 0.2) is 12.1 Å². The number of anilines is 1. The van der Waals surface area contributed by atoms with Crippen LogP contribution < -0.4 is 5.32 Å². The molecule has 98 valence electrons. The van der Waals surface area contributed by atoms with Gasteiger partial charge in [0.15, 0.2) is 0 Å². The van der Waals surface area contributed by atoms with Gasteiger partial charge in [-0.25, -0.2) is 8.78 Å². The summed E-state index contributed by atoms with van der Waals surface area (Å²) >= 11 is 0. The molecule has 18 heavy (non-hydrogen) atoms. The number of carbonyl (C=O) groups excluding carboxylic acids is 1. The van der Waals surface area contributed by atoms with Crippen LogP contribution in [0.4, 0.5) is 14.5 Å². The Morgan fingerprint density at radius 3 is 2.50 bits per heavy atom. The molecule has 1 rings (SSSR count). The second kappa shape index (κ2) is 6.09. The fourth-order valence-corrected chi connectivity index (χ4v) is 1.35. The predicted octanol–water partition coefficient (Wildman–Crippen LogP) is 2.47. The van der Waals surface area contributed by atoms with E-state index in [1.807, 2.05) is 0 Å². The lowest BCUT2D eigenvalue weighted by Gasteiger charge is -2.07. The van der Waals surface area contributed by atoms with E-state index in [1.54, 1.807) is 0 Å². The summed E-state index contributed by atoms with van der Waals surface area (Å²) in [5.41, 5.74) is -0.0881. The van der Waals surface area contributed by atoms with Crippen molar-refractivity contribution >= 4 is 17.6 Å². The van der Waals surface area contributed by atoms with Gasteiger partial charge in [0.05, 0.1) is 5.69 Å². The normalized spacial score (nSPS) is 10.2. The van der Waals surface area contributed by atoms with E-state index >= 15 is 0 Å². The SMILES string of the molecule is Cc1cc(F)c(NC(=O)CCCC(=O)O)cc1F. The Hall–Kier alpha value is -1.98. The summed E-state index contributed by atoms with van der Waals surface area (Å²) in [5, 5.41) is 10.6. The maximum Gasteiger partial charge on any atom is 0.303 e. The number of aryl methyl sites for hydroxylation is 1. The molecule has 0 aliphatic rings. The van der Waals surface area contributed by atoms with Gasteiger partial charge in [-0.05, 0) is 25.0 Å². The van der Waals surface area contributed by atoms with Crippen molar-refractivity contribution in [1.29, 1.82) is 0 Å². The molecule has 0 heterocycles. The summed E-state index contributed by atoms with van der Waals surface area (Å²) in [4.78, 5) is 21.6. The largest absolute Gasteiger partial charge is 0.481 e. The molecule has 0 radical (unpaired) electrons. The Balaban J connectivity index is 2.59. The van der Waals surface area contributed by atoms with Crippen molar-refractivity contribution in [3.63, 3.8) is 0 Å². The van der Waals surface area contributed by atoms with E-state index in [0.717, 1.165) is 12.1 Å². The molecule has 0 saturated heterocycles. The van der Waals surface area contributed by atoms with E-state index in [2.05, 4.69) is 5.32 Å². The van der Waals surface area contributed by atoms with Gasteiger partial charge in [0.25, 0.3) is 0 Å². The van der Waals surface area contributed by atoms with Crippen molar-refractivity contribution in [2.75, 3.05) is 5.32 Å². The summed E-state index contributed by atoms with van der Waals surface area (Å²) in [5.74, 6) is -2.88. The molecular weight excluding hydrogens is 244 g/mol. The minimum absolute atomic E-state index is 0.0543. The van der Waals surface area contributed by atoms with Gasteiger partial charge in [0, 0.05) is 18.9 Å². The summed E-state index contributed by atoms with van der Waals surface area (Å²) in [6.07, 6.45) is -0.0451. The van der Waals surface area contributed by atoms with Crippen LogP contribution in [0.3, 0.4) is 0 Å². The van der Waals surface area contributed by atoms with Gasteiger partial charge in [-0.15, -0.1) is 0 Å². The number of hydrogen-bond donors (Lipinski definition) is 2. The second-order valence-electron chi connectivity index (χ2n) is 3.88. The molecule has 0 aliphatic carbocycles. The van der Waals surface area contributed by atoms with E-state index in [0.29, 0.717) is 0 Å². The van der Waals surface area contributed by atoms with Crippen molar-refractivity contribution in [2.45, 2.75) is 26.2 Å². The summed E-state index contributed by atoms with van der Waals surface area (Å²) in [6.45, 7) is 1.41. The van der Waals surface area contributed by atoms with Crippen LogP contribution in [0, 0.1) is 18.6 Å². The molecule has 1 aromatic rings. The van der Waals surface area contributed by atoms with Crippen molar-refractivity contribution in [2.24, 2.45) is 0 Å². The minimum atomic E-state index is -1.00. The quantitative estimate of drug-likeness (QED) is 0.851. The Morgan fingerprint density at radius 2 is 1.89 bits per heavy atom. The van der Waals surface area contributed by atoms with Gasteiger partial charge in [-0.3, -0.25) is 9.59 Å². The number of amides is 1. The number of carboxylic acid groups (broad SMARTS) is 1. The van der Waals surface area contributed by atoms with Gasteiger partial charge in [0.1, 0.15) is 11.6 Å². The molecule has 0 fully saturated rings. The molecule has 0 aliphatic heterocycles. The number of rotatable bonds is 5. The van der Waals surface area contributed by atoms with Gasteiger partial charge < -0.3 is 10.4 Å². The van der Waals surface area contributed by atoms with Gasteiger partial charge in [0.2, 0.25) is 5.91 Å². The van der Waals surface area contributed by atoms with E-state index in [-0.39, 0.29) is 30.5 Å². The highest BCUT2D eigenvalue weighted by Crippen LogP contribution is 2.19. The summed E-state index contributed by atoms with van der Waals surface area (Å²) in [7, 11) is 0. The number of carbonyl (C=O) groups is 2. The highest BCUT2D eigenvalue weighted by molar-refractivity contribution is 5.91. The van der Waals surface area contributed by atoms with Crippen molar-refractivity contribution < 1.29 is 23.5 Å². The molecule has 0 aromatic heterocycles. The van der Waals surface area contributed by atoms with Crippen molar-refractivity contribution in [3.8, 4) is 0 Å². The van der Waals surface area contributed by atoms with E-state index < -0.39 is 23.5 Å². The third kappa shape index (κ3) is 4.12. The molecule has 0 saturated carbocycles. The van der Waals surface area contributed by atoms with Gasteiger partial charge >= 0.3 is 5.97 Å². The Morgan fingerprint density at radius 1 is 1.22 bits per heavy atom. The summed E-state index contributed by atoms with van der Waals surface area (Å²) in [6, 6.07) is 1.89. The number of carboxylic acids is 1. The fraction of sp³-hybridized carbons (Fsp3) is 0.333. The molecule has 0 unspecified atom stereocenters. The first-order valence-electron chi connectivity index (χ1n) is 5.37. The van der Waals surface area contributed by atoms with Crippen LogP contribution >= 0.6 is 0 Å². The molecule has 4 nitrogen and oxygen atoms in total. The molecule has 1 amide bonds. The molecule has 6 heteroatoms. The van der Waals surface area contributed by atoms with Crippen LogP contribution in [0.25, 0.3) is 0 Å². The highest BCUT2D eigenvalue weighted by atomic mass is 19.1. The number of nitrogens with one attached hydrogen (secondary N) is 1. The maximum absolute atomic E-state index is 13.4. The first-order valence-corrected chi connectivity index (χ1v) is 5.37. The van der Waals surface area contributed by atoms with E-state index in [9.17, 15) is 18.4 Å².